The van der Waals surface area contributed by atoms with Gasteiger partial charge in [-0.2, -0.15) is 0 Å². The van der Waals surface area contributed by atoms with E-state index in [2.05, 4.69) is 0 Å². The fourth-order valence-corrected chi connectivity index (χ4v) is 0.841. The van der Waals surface area contributed by atoms with Gasteiger partial charge in [-0.15, -0.1) is 0 Å². The van der Waals surface area contributed by atoms with Crippen molar-refractivity contribution < 1.29 is 0 Å². The average Bonchev–Trinajstić information content (AvgIpc) is 1.98. The number of hydrogen-bond donors (Lipinski definition) is 3. The summed E-state index contributed by atoms with van der Waals surface area (Å²) in [5.74, 6) is 0. The topological polar surface area (TPSA) is 78.1 Å². The highest BCUT2D eigenvalue weighted by atomic mass is 14.6. The van der Waals surface area contributed by atoms with Gasteiger partial charge in [-0.05, 0) is 30.5 Å². The van der Waals surface area contributed by atoms with Crippen LogP contribution in [0.5, 0.6) is 0 Å². The highest BCUT2D eigenvalue weighted by Crippen LogP contribution is 2.16. The van der Waals surface area contributed by atoms with Gasteiger partial charge < -0.3 is 17.2 Å². The van der Waals surface area contributed by atoms with Crippen molar-refractivity contribution >= 4 is 17.5 Å². The second kappa shape index (κ2) is 2.96. The van der Waals surface area contributed by atoms with Crippen LogP contribution in [0.4, 0.5) is 11.4 Å². The zero-order valence-corrected chi connectivity index (χ0v) is 6.12. The van der Waals surface area contributed by atoms with Crippen molar-refractivity contribution in [2.45, 2.75) is 0 Å². The number of hydrogen-bond acceptors (Lipinski definition) is 3. The molecule has 11 heavy (non-hydrogen) atoms. The number of nitrogens with two attached hydrogens (primary N) is 3. The van der Waals surface area contributed by atoms with Gasteiger partial charge in [0.2, 0.25) is 0 Å². The maximum Gasteiger partial charge on any atom is 0.0389 e. The molecular formula is C8H11N3. The first-order valence-electron chi connectivity index (χ1n) is 3.27. The normalized spacial score (nSPS) is 10.5. The van der Waals surface area contributed by atoms with E-state index in [0.29, 0.717) is 11.4 Å². The Labute approximate surface area is 65.5 Å². The molecule has 0 amide bonds. The first-order chi connectivity index (χ1) is 5.24. The molecule has 1 rings (SSSR count). The van der Waals surface area contributed by atoms with Crippen LogP contribution >= 0.6 is 0 Å². The Morgan fingerprint density at radius 2 is 1.91 bits per heavy atom. The van der Waals surface area contributed by atoms with Crippen molar-refractivity contribution in [3.05, 3.63) is 30.0 Å². The van der Waals surface area contributed by atoms with Crippen LogP contribution in [0.15, 0.2) is 24.4 Å². The van der Waals surface area contributed by atoms with Gasteiger partial charge in [-0.1, -0.05) is 0 Å². The summed E-state index contributed by atoms with van der Waals surface area (Å²) in [6.45, 7) is 0. The Kier molecular flexibility index (Phi) is 2.01. The Bertz CT molecular complexity index is 279. The second-order valence-electron chi connectivity index (χ2n) is 2.25. The minimum Gasteiger partial charge on any atom is -0.405 e. The number of benzene rings is 1. The molecule has 0 aromatic heterocycles. The van der Waals surface area contributed by atoms with Crippen molar-refractivity contribution in [2.75, 3.05) is 11.5 Å². The van der Waals surface area contributed by atoms with E-state index in [1.807, 2.05) is 0 Å². The van der Waals surface area contributed by atoms with Gasteiger partial charge in [-0.25, -0.2) is 0 Å². The summed E-state index contributed by atoms with van der Waals surface area (Å²) in [5.41, 5.74) is 18.6. The highest BCUT2D eigenvalue weighted by Gasteiger charge is 1.93. The SMILES string of the molecule is N/C=C\c1cc(N)ccc1N. The molecule has 0 aliphatic rings. The van der Waals surface area contributed by atoms with E-state index < -0.39 is 0 Å². The molecule has 0 saturated heterocycles. The molecule has 0 fully saturated rings. The maximum atomic E-state index is 5.61. The monoisotopic (exact) mass is 149 g/mol. The van der Waals surface area contributed by atoms with Gasteiger partial charge in [0.05, 0.1) is 0 Å². The minimum absolute atomic E-state index is 0.681. The lowest BCUT2D eigenvalue weighted by atomic mass is 10.1. The predicted molar refractivity (Wildman–Crippen MR) is 48.5 cm³/mol. The first-order valence-corrected chi connectivity index (χ1v) is 3.27. The number of nitrogen functional groups attached to an aromatic ring is 2. The largest absolute Gasteiger partial charge is 0.405 e. The molecule has 0 bridgehead atoms. The molecule has 0 radical (unpaired) electrons. The van der Waals surface area contributed by atoms with E-state index >= 15 is 0 Å². The van der Waals surface area contributed by atoms with Gasteiger partial charge in [0.25, 0.3) is 0 Å². The lowest BCUT2D eigenvalue weighted by Gasteiger charge is -2.00. The molecule has 3 heteroatoms. The van der Waals surface area contributed by atoms with Crippen molar-refractivity contribution in [3.63, 3.8) is 0 Å². The Morgan fingerprint density at radius 3 is 2.55 bits per heavy atom. The Morgan fingerprint density at radius 1 is 1.18 bits per heavy atom. The maximum absolute atomic E-state index is 5.61. The third-order valence-electron chi connectivity index (χ3n) is 1.39. The van der Waals surface area contributed by atoms with Crippen LogP contribution in [0.1, 0.15) is 5.56 Å². The van der Waals surface area contributed by atoms with Gasteiger partial charge in [0.1, 0.15) is 0 Å². The number of anilines is 2. The number of rotatable bonds is 1. The first kappa shape index (κ1) is 7.47. The summed E-state index contributed by atoms with van der Waals surface area (Å²) in [4.78, 5) is 0. The summed E-state index contributed by atoms with van der Waals surface area (Å²) in [6, 6.07) is 5.28. The van der Waals surface area contributed by atoms with Crippen LogP contribution < -0.4 is 17.2 Å². The van der Waals surface area contributed by atoms with Crippen LogP contribution in [0.25, 0.3) is 6.08 Å². The fraction of sp³-hybridized carbons (Fsp3) is 0. The van der Waals surface area contributed by atoms with E-state index in [0.717, 1.165) is 5.56 Å². The molecule has 1 aromatic rings. The summed E-state index contributed by atoms with van der Waals surface area (Å²) < 4.78 is 0. The van der Waals surface area contributed by atoms with Crippen LogP contribution in [0, 0.1) is 0 Å². The Balaban J connectivity index is 3.12. The third-order valence-corrected chi connectivity index (χ3v) is 1.39. The molecule has 1 aromatic carbocycles. The van der Waals surface area contributed by atoms with E-state index in [1.54, 1.807) is 24.3 Å². The highest BCUT2D eigenvalue weighted by molar-refractivity contribution is 5.68. The van der Waals surface area contributed by atoms with Gasteiger partial charge in [0, 0.05) is 16.9 Å². The predicted octanol–water partition coefficient (Wildman–Crippen LogP) is 0.780. The quantitative estimate of drug-likeness (QED) is 0.516. The summed E-state index contributed by atoms with van der Waals surface area (Å²) >= 11 is 0. The fourth-order valence-electron chi connectivity index (χ4n) is 0.841. The standard InChI is InChI=1S/C8H11N3/c9-4-3-6-5-7(10)1-2-8(6)11/h1-5H,9-11H2/b4-3-. The molecule has 3 nitrogen and oxygen atoms in total. The second-order valence-corrected chi connectivity index (χ2v) is 2.25. The van der Waals surface area contributed by atoms with Crippen LogP contribution in [0.3, 0.4) is 0 Å². The minimum atomic E-state index is 0.681. The van der Waals surface area contributed by atoms with Crippen LogP contribution in [-0.2, 0) is 0 Å². The van der Waals surface area contributed by atoms with Crippen molar-refractivity contribution in [2.24, 2.45) is 5.73 Å². The van der Waals surface area contributed by atoms with E-state index in [-0.39, 0.29) is 0 Å². The van der Waals surface area contributed by atoms with Crippen LogP contribution in [-0.4, -0.2) is 0 Å². The van der Waals surface area contributed by atoms with Crippen molar-refractivity contribution in [1.82, 2.24) is 0 Å². The molecule has 0 spiro atoms. The van der Waals surface area contributed by atoms with Crippen LogP contribution in [0.2, 0.25) is 0 Å². The zero-order valence-electron chi connectivity index (χ0n) is 6.12. The van der Waals surface area contributed by atoms with Gasteiger partial charge in [0.15, 0.2) is 0 Å². The van der Waals surface area contributed by atoms with Gasteiger partial charge >= 0.3 is 0 Å². The van der Waals surface area contributed by atoms with Gasteiger partial charge in [-0.3, -0.25) is 0 Å². The average molecular weight is 149 g/mol. The molecule has 0 aliphatic heterocycles. The third kappa shape index (κ3) is 1.64. The molecule has 6 N–H and O–H groups in total. The summed E-state index contributed by atoms with van der Waals surface area (Å²) in [5, 5.41) is 0. The lowest BCUT2D eigenvalue weighted by molar-refractivity contribution is 1.59. The van der Waals surface area contributed by atoms with E-state index in [1.165, 1.54) is 6.20 Å². The molecular weight excluding hydrogens is 138 g/mol. The zero-order chi connectivity index (χ0) is 8.27. The Hall–Kier alpha value is -1.64. The van der Waals surface area contributed by atoms with Crippen molar-refractivity contribution in [1.29, 1.82) is 0 Å². The van der Waals surface area contributed by atoms with E-state index in [9.17, 15) is 0 Å². The molecule has 0 unspecified atom stereocenters. The smallest absolute Gasteiger partial charge is 0.0389 e. The molecule has 0 heterocycles. The van der Waals surface area contributed by atoms with E-state index in [4.69, 9.17) is 17.2 Å². The lowest BCUT2D eigenvalue weighted by Crippen LogP contribution is -1.92. The van der Waals surface area contributed by atoms with Crippen molar-refractivity contribution in [3.8, 4) is 0 Å². The summed E-state index contributed by atoms with van der Waals surface area (Å²) in [6.07, 6.45) is 3.15. The molecule has 0 aliphatic carbocycles. The molecule has 58 valence electrons. The molecule has 0 atom stereocenters. The molecule has 0 saturated carbocycles. The summed E-state index contributed by atoms with van der Waals surface area (Å²) in [7, 11) is 0.